The number of ether oxygens (including phenoxy) is 1. The van der Waals surface area contributed by atoms with Crippen LogP contribution in [-0.2, 0) is 11.2 Å². The van der Waals surface area contributed by atoms with Crippen molar-refractivity contribution >= 4 is 35.8 Å². The molecule has 7 heteroatoms. The summed E-state index contributed by atoms with van der Waals surface area (Å²) in [5, 5.41) is 6.72. The molecule has 2 N–H and O–H groups in total. The zero-order valence-electron chi connectivity index (χ0n) is 18.8. The molecule has 1 fully saturated rings. The van der Waals surface area contributed by atoms with Gasteiger partial charge in [0.05, 0.1) is 6.61 Å². The Morgan fingerprint density at radius 3 is 2.50 bits per heavy atom. The minimum atomic E-state index is 0. The number of unbranched alkanes of at least 4 members (excludes halogenated alkanes) is 1. The summed E-state index contributed by atoms with van der Waals surface area (Å²) in [5.74, 6) is 2.28. The molecule has 1 aliphatic heterocycles. The molecular weight excluding hydrogens is 515 g/mol. The molecule has 0 aromatic heterocycles. The molecule has 6 nitrogen and oxygen atoms in total. The number of nitrogens with one attached hydrogen (secondary N) is 2. The third kappa shape index (κ3) is 9.06. The lowest BCUT2D eigenvalue weighted by molar-refractivity contribution is -0.127. The molecule has 0 spiro atoms. The van der Waals surface area contributed by atoms with Crippen LogP contribution in [0.4, 0.5) is 0 Å². The highest BCUT2D eigenvalue weighted by Gasteiger charge is 2.29. The zero-order valence-corrected chi connectivity index (χ0v) is 21.2. The smallest absolute Gasteiger partial charge is 0.223 e. The number of hydrogen-bond donors (Lipinski definition) is 2. The van der Waals surface area contributed by atoms with E-state index in [9.17, 15) is 4.79 Å². The Labute approximate surface area is 208 Å². The van der Waals surface area contributed by atoms with Gasteiger partial charge in [-0.25, -0.2) is 0 Å². The summed E-state index contributed by atoms with van der Waals surface area (Å²) in [6.07, 6.45) is 3.49. The number of rotatable bonds is 11. The monoisotopic (exact) mass is 550 g/mol. The van der Waals surface area contributed by atoms with E-state index in [0.29, 0.717) is 18.9 Å². The van der Waals surface area contributed by atoms with Crippen LogP contribution in [-0.4, -0.2) is 56.6 Å². The van der Waals surface area contributed by atoms with Crippen molar-refractivity contribution < 1.29 is 9.53 Å². The molecule has 1 atom stereocenters. The predicted molar refractivity (Wildman–Crippen MR) is 141 cm³/mol. The van der Waals surface area contributed by atoms with E-state index in [1.54, 1.807) is 7.05 Å². The topological polar surface area (TPSA) is 66.0 Å². The molecule has 0 radical (unpaired) electrons. The van der Waals surface area contributed by atoms with Crippen molar-refractivity contribution in [2.75, 3.05) is 39.8 Å². The fourth-order valence-electron chi connectivity index (χ4n) is 3.72. The minimum absolute atomic E-state index is 0. The number of nitrogens with zero attached hydrogens (tertiary/aromatic N) is 2. The van der Waals surface area contributed by atoms with Crippen molar-refractivity contribution in [3.05, 3.63) is 66.2 Å². The lowest BCUT2D eigenvalue weighted by Gasteiger charge is -2.18. The summed E-state index contributed by atoms with van der Waals surface area (Å²) in [4.78, 5) is 18.6. The summed E-state index contributed by atoms with van der Waals surface area (Å²) in [6.45, 7) is 3.90. The number of benzene rings is 2. The van der Waals surface area contributed by atoms with Crippen LogP contribution in [0, 0.1) is 5.92 Å². The Bertz CT molecular complexity index is 817. The largest absolute Gasteiger partial charge is 0.494 e. The van der Waals surface area contributed by atoms with Gasteiger partial charge in [-0.1, -0.05) is 48.5 Å². The van der Waals surface area contributed by atoms with Crippen molar-refractivity contribution in [2.24, 2.45) is 10.9 Å². The van der Waals surface area contributed by atoms with E-state index < -0.39 is 0 Å². The molecule has 1 heterocycles. The molecule has 1 saturated heterocycles. The van der Waals surface area contributed by atoms with E-state index in [2.05, 4.69) is 27.8 Å². The highest BCUT2D eigenvalue weighted by atomic mass is 127. The van der Waals surface area contributed by atoms with Crippen LogP contribution in [0.2, 0.25) is 0 Å². The Morgan fingerprint density at radius 2 is 1.78 bits per heavy atom. The van der Waals surface area contributed by atoms with E-state index in [-0.39, 0.29) is 29.9 Å². The molecule has 0 aliphatic carbocycles. The molecule has 1 amide bonds. The van der Waals surface area contributed by atoms with Gasteiger partial charge in [-0.15, -0.1) is 24.0 Å². The quantitative estimate of drug-likeness (QED) is 0.194. The van der Waals surface area contributed by atoms with Gasteiger partial charge in [0.1, 0.15) is 5.75 Å². The molecule has 32 heavy (non-hydrogen) atoms. The maximum absolute atomic E-state index is 12.3. The van der Waals surface area contributed by atoms with Gasteiger partial charge >= 0.3 is 0 Å². The van der Waals surface area contributed by atoms with E-state index in [0.717, 1.165) is 57.2 Å². The van der Waals surface area contributed by atoms with Crippen LogP contribution in [0.1, 0.15) is 24.8 Å². The number of guanidine groups is 1. The molecule has 2 aromatic carbocycles. The second-order valence-electron chi connectivity index (χ2n) is 7.89. The Hall–Kier alpha value is -2.29. The maximum atomic E-state index is 12.3. The molecule has 1 unspecified atom stereocenters. The van der Waals surface area contributed by atoms with Crippen LogP contribution in [0.5, 0.6) is 5.75 Å². The Morgan fingerprint density at radius 1 is 1.06 bits per heavy atom. The summed E-state index contributed by atoms with van der Waals surface area (Å²) >= 11 is 0. The summed E-state index contributed by atoms with van der Waals surface area (Å²) < 4.78 is 5.71. The molecule has 2 aromatic rings. The van der Waals surface area contributed by atoms with E-state index in [1.165, 1.54) is 5.56 Å². The van der Waals surface area contributed by atoms with Gasteiger partial charge in [-0.3, -0.25) is 9.79 Å². The number of hydrogen-bond acceptors (Lipinski definition) is 3. The lowest BCUT2D eigenvalue weighted by atomic mass is 10.1. The zero-order chi connectivity index (χ0) is 21.7. The third-order valence-electron chi connectivity index (χ3n) is 5.47. The number of carbonyl (C=O) groups excluding carboxylic acids is 1. The fraction of sp³-hybridized carbons (Fsp3) is 0.440. The van der Waals surface area contributed by atoms with Gasteiger partial charge in [0.2, 0.25) is 5.91 Å². The standard InChI is InChI=1S/C25H34N4O2.HI/c1-26-25(27-15-8-9-17-31-23-12-6-3-7-13-23)28-19-22-18-24(30)29(20-22)16-14-21-10-4-2-5-11-21;/h2-7,10-13,22H,8-9,14-20H2,1H3,(H2,26,27,28);1H. The minimum Gasteiger partial charge on any atom is -0.494 e. The number of aliphatic imine (C=N–C) groups is 1. The Balaban J connectivity index is 0.00000363. The van der Waals surface area contributed by atoms with Gasteiger partial charge in [-0.2, -0.15) is 0 Å². The van der Waals surface area contributed by atoms with Gasteiger partial charge in [0.15, 0.2) is 5.96 Å². The Kier molecular flexibility index (Phi) is 11.9. The SMILES string of the molecule is CN=C(NCCCCOc1ccccc1)NCC1CC(=O)N(CCc2ccccc2)C1.I. The number of para-hydroxylation sites is 1. The molecule has 0 bridgehead atoms. The molecule has 1 aliphatic rings. The molecule has 3 rings (SSSR count). The number of halogens is 1. The first-order chi connectivity index (χ1) is 15.2. The van der Waals surface area contributed by atoms with Crippen LogP contribution in [0.15, 0.2) is 65.7 Å². The number of likely N-dealkylation sites (tertiary alicyclic amines) is 1. The van der Waals surface area contributed by atoms with Gasteiger partial charge < -0.3 is 20.3 Å². The normalized spacial score (nSPS) is 15.9. The predicted octanol–water partition coefficient (Wildman–Crippen LogP) is 3.72. The average molecular weight is 550 g/mol. The average Bonchev–Trinajstić information content (AvgIpc) is 3.17. The first-order valence-electron chi connectivity index (χ1n) is 11.2. The summed E-state index contributed by atoms with van der Waals surface area (Å²) in [5.41, 5.74) is 1.27. The van der Waals surface area contributed by atoms with Crippen molar-refractivity contribution in [2.45, 2.75) is 25.7 Å². The first-order valence-corrected chi connectivity index (χ1v) is 11.2. The second kappa shape index (κ2) is 14.7. The number of amides is 1. The lowest BCUT2D eigenvalue weighted by Crippen LogP contribution is -2.40. The molecule has 174 valence electrons. The van der Waals surface area contributed by atoms with Gasteiger partial charge in [0.25, 0.3) is 0 Å². The fourth-order valence-corrected chi connectivity index (χ4v) is 3.72. The van der Waals surface area contributed by atoms with Crippen molar-refractivity contribution in [3.63, 3.8) is 0 Å². The van der Waals surface area contributed by atoms with E-state index >= 15 is 0 Å². The highest BCUT2D eigenvalue weighted by Crippen LogP contribution is 2.17. The van der Waals surface area contributed by atoms with Crippen molar-refractivity contribution in [1.29, 1.82) is 0 Å². The van der Waals surface area contributed by atoms with Crippen molar-refractivity contribution in [1.82, 2.24) is 15.5 Å². The number of carbonyl (C=O) groups is 1. The van der Waals surface area contributed by atoms with Gasteiger partial charge in [-0.05, 0) is 37.0 Å². The second-order valence-corrected chi connectivity index (χ2v) is 7.89. The maximum Gasteiger partial charge on any atom is 0.223 e. The molecular formula is C25H35IN4O2. The summed E-state index contributed by atoms with van der Waals surface area (Å²) in [7, 11) is 1.78. The molecule has 0 saturated carbocycles. The van der Waals surface area contributed by atoms with Crippen LogP contribution in [0.25, 0.3) is 0 Å². The highest BCUT2D eigenvalue weighted by molar-refractivity contribution is 14.0. The van der Waals surface area contributed by atoms with Crippen LogP contribution in [0.3, 0.4) is 0 Å². The van der Waals surface area contributed by atoms with Crippen molar-refractivity contribution in [3.8, 4) is 5.75 Å². The van der Waals surface area contributed by atoms with Crippen LogP contribution >= 0.6 is 24.0 Å². The van der Waals surface area contributed by atoms with E-state index in [1.807, 2.05) is 53.4 Å². The van der Waals surface area contributed by atoms with Crippen LogP contribution < -0.4 is 15.4 Å². The summed E-state index contributed by atoms with van der Waals surface area (Å²) in [6, 6.07) is 20.2. The first kappa shape index (κ1) is 26.0. The third-order valence-corrected chi connectivity index (χ3v) is 5.47. The van der Waals surface area contributed by atoms with E-state index in [4.69, 9.17) is 4.74 Å². The van der Waals surface area contributed by atoms with Gasteiger partial charge in [0, 0.05) is 45.6 Å².